The summed E-state index contributed by atoms with van der Waals surface area (Å²) in [7, 11) is 2.02. The van der Waals surface area contributed by atoms with Crippen molar-refractivity contribution in [2.24, 2.45) is 5.73 Å². The highest BCUT2D eigenvalue weighted by Crippen LogP contribution is 2.26. The average molecular weight is 339 g/mol. The van der Waals surface area contributed by atoms with E-state index in [1.54, 1.807) is 12.4 Å². The molecule has 1 atom stereocenters. The quantitative estimate of drug-likeness (QED) is 0.868. The van der Waals surface area contributed by atoms with Crippen LogP contribution in [0.5, 0.6) is 0 Å². The van der Waals surface area contributed by atoms with Gasteiger partial charge in [-0.1, -0.05) is 12.2 Å². The van der Waals surface area contributed by atoms with Crippen molar-refractivity contribution in [3.05, 3.63) is 29.0 Å². The lowest BCUT2D eigenvalue weighted by Crippen LogP contribution is -2.32. The van der Waals surface area contributed by atoms with E-state index in [2.05, 4.69) is 37.7 Å². The number of hydrogen-bond acceptors (Lipinski definition) is 4. The Hall–Kier alpha value is -1.27. The first-order chi connectivity index (χ1) is 8.99. The normalized spacial score (nSPS) is 12.4. The summed E-state index contributed by atoms with van der Waals surface area (Å²) in [6, 6.07) is 4.13. The Kier molecular flexibility index (Phi) is 4.31. The van der Waals surface area contributed by atoms with Crippen LogP contribution in [0.25, 0.3) is 11.0 Å². The van der Waals surface area contributed by atoms with Crippen LogP contribution in [0.1, 0.15) is 13.3 Å². The Morgan fingerprint density at radius 3 is 2.95 bits per heavy atom. The molecule has 100 valence electrons. The zero-order chi connectivity index (χ0) is 14.0. The molecule has 2 N–H and O–H groups in total. The summed E-state index contributed by atoms with van der Waals surface area (Å²) >= 11 is 8.38. The van der Waals surface area contributed by atoms with Crippen LogP contribution in [0.3, 0.4) is 0 Å². The highest BCUT2D eigenvalue weighted by atomic mass is 79.9. The average Bonchev–Trinajstić information content (AvgIpc) is 2.36. The van der Waals surface area contributed by atoms with Crippen molar-refractivity contribution in [1.82, 2.24) is 9.97 Å². The highest BCUT2D eigenvalue weighted by molar-refractivity contribution is 9.10. The van der Waals surface area contributed by atoms with Crippen molar-refractivity contribution in [3.63, 3.8) is 0 Å². The number of hydrogen-bond donors (Lipinski definition) is 1. The summed E-state index contributed by atoms with van der Waals surface area (Å²) in [4.78, 5) is 11.4. The molecular formula is C13H15BrN4S. The van der Waals surface area contributed by atoms with Crippen LogP contribution in [-0.2, 0) is 0 Å². The van der Waals surface area contributed by atoms with E-state index in [9.17, 15) is 0 Å². The third-order valence-electron chi connectivity index (χ3n) is 3.06. The molecule has 0 aliphatic carbocycles. The van der Waals surface area contributed by atoms with Gasteiger partial charge in [-0.2, -0.15) is 0 Å². The second kappa shape index (κ2) is 5.79. The molecule has 0 amide bonds. The molecule has 4 nitrogen and oxygen atoms in total. The van der Waals surface area contributed by atoms with Gasteiger partial charge in [0, 0.05) is 36.4 Å². The third-order valence-corrected chi connectivity index (χ3v) is 3.66. The molecule has 0 saturated carbocycles. The van der Waals surface area contributed by atoms with Gasteiger partial charge in [-0.3, -0.25) is 9.97 Å². The number of thiocarbonyl (C=S) groups is 1. The maximum atomic E-state index is 5.61. The minimum absolute atomic E-state index is 0.216. The van der Waals surface area contributed by atoms with Gasteiger partial charge in [0.1, 0.15) is 5.52 Å². The molecule has 2 aromatic heterocycles. The Morgan fingerprint density at radius 2 is 2.26 bits per heavy atom. The first-order valence-corrected chi connectivity index (χ1v) is 7.10. The molecule has 0 aliphatic heterocycles. The minimum atomic E-state index is 0.216. The summed E-state index contributed by atoms with van der Waals surface area (Å²) < 4.78 is 0.920. The summed E-state index contributed by atoms with van der Waals surface area (Å²) in [5.41, 5.74) is 8.38. The minimum Gasteiger partial charge on any atom is -0.393 e. The van der Waals surface area contributed by atoms with E-state index in [1.807, 2.05) is 19.2 Å². The zero-order valence-electron chi connectivity index (χ0n) is 10.8. The van der Waals surface area contributed by atoms with E-state index < -0.39 is 0 Å². The molecule has 0 aromatic carbocycles. The molecular weight excluding hydrogens is 324 g/mol. The zero-order valence-corrected chi connectivity index (χ0v) is 13.2. The summed E-state index contributed by atoms with van der Waals surface area (Å²) in [5, 5.41) is 0. The predicted molar refractivity (Wildman–Crippen MR) is 86.5 cm³/mol. The van der Waals surface area contributed by atoms with Gasteiger partial charge in [-0.15, -0.1) is 0 Å². The van der Waals surface area contributed by atoms with Crippen LogP contribution in [0.4, 0.5) is 5.69 Å². The van der Waals surface area contributed by atoms with E-state index in [-0.39, 0.29) is 6.04 Å². The summed E-state index contributed by atoms with van der Waals surface area (Å²) in [6.45, 7) is 2.09. The monoisotopic (exact) mass is 338 g/mol. The molecule has 2 heterocycles. The van der Waals surface area contributed by atoms with Gasteiger partial charge in [-0.05, 0) is 35.0 Å². The Balaban J connectivity index is 2.41. The van der Waals surface area contributed by atoms with Crippen LogP contribution in [0.15, 0.2) is 29.0 Å². The lowest BCUT2D eigenvalue weighted by atomic mass is 10.1. The van der Waals surface area contributed by atoms with Crippen LogP contribution in [0.2, 0.25) is 0 Å². The second-order valence-electron chi connectivity index (χ2n) is 4.48. The van der Waals surface area contributed by atoms with E-state index in [0.29, 0.717) is 11.4 Å². The number of aromatic nitrogens is 2. The molecule has 0 bridgehead atoms. The van der Waals surface area contributed by atoms with Crippen LogP contribution in [-0.4, -0.2) is 28.0 Å². The van der Waals surface area contributed by atoms with Gasteiger partial charge in [0.05, 0.1) is 16.2 Å². The second-order valence-corrected chi connectivity index (χ2v) is 5.92. The molecule has 19 heavy (non-hydrogen) atoms. The van der Waals surface area contributed by atoms with Gasteiger partial charge < -0.3 is 10.6 Å². The maximum Gasteiger partial charge on any atom is 0.112 e. The maximum absolute atomic E-state index is 5.61. The first kappa shape index (κ1) is 14.1. The number of anilines is 1. The number of nitrogens with zero attached hydrogens (tertiary/aromatic N) is 3. The fraction of sp³-hybridized carbons (Fsp3) is 0.308. The van der Waals surface area contributed by atoms with Crippen molar-refractivity contribution >= 4 is 49.9 Å². The van der Waals surface area contributed by atoms with Crippen molar-refractivity contribution < 1.29 is 0 Å². The van der Waals surface area contributed by atoms with Crippen molar-refractivity contribution in [1.29, 1.82) is 0 Å². The van der Waals surface area contributed by atoms with Crippen LogP contribution in [0, 0.1) is 0 Å². The van der Waals surface area contributed by atoms with Crippen LogP contribution >= 0.6 is 28.1 Å². The molecule has 0 radical (unpaired) electrons. The van der Waals surface area contributed by atoms with Gasteiger partial charge in [-0.25, -0.2) is 0 Å². The standard InChI is InChI=1S/C13H15BrN4S/c1-8(5-12(15)19)18(2)11-3-4-16-10-6-9(14)7-17-13(10)11/h3-4,6-8H,5H2,1-2H3,(H2,15,19). The summed E-state index contributed by atoms with van der Waals surface area (Å²) in [6.07, 6.45) is 4.24. The molecule has 0 spiro atoms. The van der Waals surface area contributed by atoms with E-state index >= 15 is 0 Å². The van der Waals surface area contributed by atoms with Gasteiger partial charge in [0.15, 0.2) is 0 Å². The topological polar surface area (TPSA) is 55.0 Å². The molecule has 2 rings (SSSR count). The van der Waals surface area contributed by atoms with Gasteiger partial charge >= 0.3 is 0 Å². The SMILES string of the molecule is CC(CC(N)=S)N(C)c1ccnc2cc(Br)cnc12. The Morgan fingerprint density at radius 1 is 1.53 bits per heavy atom. The molecule has 6 heteroatoms. The molecule has 1 unspecified atom stereocenters. The molecule has 0 fully saturated rings. The lowest BCUT2D eigenvalue weighted by Gasteiger charge is -2.27. The third kappa shape index (κ3) is 3.19. The molecule has 0 saturated heterocycles. The largest absolute Gasteiger partial charge is 0.393 e. The number of pyridine rings is 2. The van der Waals surface area contributed by atoms with Crippen LogP contribution < -0.4 is 10.6 Å². The Bertz CT molecular complexity index is 617. The van der Waals surface area contributed by atoms with Gasteiger partial charge in [0.2, 0.25) is 0 Å². The number of rotatable bonds is 4. The summed E-state index contributed by atoms with van der Waals surface area (Å²) in [5.74, 6) is 0. The van der Waals surface area contributed by atoms with E-state index in [4.69, 9.17) is 18.0 Å². The predicted octanol–water partition coefficient (Wildman–Crippen LogP) is 2.89. The van der Waals surface area contributed by atoms with Crippen molar-refractivity contribution in [2.45, 2.75) is 19.4 Å². The fourth-order valence-corrected chi connectivity index (χ4v) is 2.50. The smallest absolute Gasteiger partial charge is 0.112 e. The Labute approximate surface area is 126 Å². The van der Waals surface area contributed by atoms with Crippen molar-refractivity contribution in [3.8, 4) is 0 Å². The highest BCUT2D eigenvalue weighted by Gasteiger charge is 2.14. The molecule has 0 aliphatic rings. The lowest BCUT2D eigenvalue weighted by molar-refractivity contribution is 0.716. The van der Waals surface area contributed by atoms with Crippen molar-refractivity contribution in [2.75, 3.05) is 11.9 Å². The first-order valence-electron chi connectivity index (χ1n) is 5.90. The number of fused-ring (bicyclic) bond motifs is 1. The number of nitrogens with two attached hydrogens (primary N) is 1. The fourth-order valence-electron chi connectivity index (χ4n) is 1.94. The van der Waals surface area contributed by atoms with Gasteiger partial charge in [0.25, 0.3) is 0 Å². The molecule has 2 aromatic rings. The van der Waals surface area contributed by atoms with E-state index in [0.717, 1.165) is 21.2 Å². The van der Waals surface area contributed by atoms with E-state index in [1.165, 1.54) is 0 Å². The number of halogens is 1.